The second-order valence-corrected chi connectivity index (χ2v) is 6.06. The van der Waals surface area contributed by atoms with Crippen molar-refractivity contribution < 1.29 is 4.79 Å². The van der Waals surface area contributed by atoms with Crippen LogP contribution in [0.5, 0.6) is 0 Å². The molecule has 1 aromatic carbocycles. The van der Waals surface area contributed by atoms with E-state index in [1.807, 2.05) is 12.1 Å². The van der Waals surface area contributed by atoms with Gasteiger partial charge in [-0.15, -0.1) is 0 Å². The average molecular weight is 284 g/mol. The Morgan fingerprint density at radius 1 is 1.24 bits per heavy atom. The molecule has 0 saturated heterocycles. The summed E-state index contributed by atoms with van der Waals surface area (Å²) in [4.78, 5) is 12.1. The van der Waals surface area contributed by atoms with E-state index in [1.165, 1.54) is 25.7 Å². The predicted molar refractivity (Wildman–Crippen MR) is 83.7 cm³/mol. The van der Waals surface area contributed by atoms with Gasteiger partial charge in [-0.05, 0) is 49.3 Å². The number of nitriles is 1. The Morgan fingerprint density at radius 3 is 2.48 bits per heavy atom. The van der Waals surface area contributed by atoms with Crippen LogP contribution in [-0.2, 0) is 11.2 Å². The molecule has 0 aliphatic heterocycles. The van der Waals surface area contributed by atoms with Crippen LogP contribution in [-0.4, -0.2) is 11.9 Å². The van der Waals surface area contributed by atoms with E-state index in [-0.39, 0.29) is 5.91 Å². The molecule has 0 bridgehead atoms. The Balaban J connectivity index is 1.76. The van der Waals surface area contributed by atoms with E-state index in [9.17, 15) is 4.79 Å². The Morgan fingerprint density at radius 2 is 1.90 bits per heavy atom. The molecule has 21 heavy (non-hydrogen) atoms. The van der Waals surface area contributed by atoms with Gasteiger partial charge in [-0.1, -0.05) is 31.9 Å². The highest BCUT2D eigenvalue weighted by atomic mass is 16.1. The normalized spacial score (nSPS) is 21.5. The first-order chi connectivity index (χ1) is 10.2. The first-order valence-corrected chi connectivity index (χ1v) is 7.99. The largest absolute Gasteiger partial charge is 0.353 e. The summed E-state index contributed by atoms with van der Waals surface area (Å²) < 4.78 is 0. The number of carbonyl (C=O) groups excluding carboxylic acids is 1. The first kappa shape index (κ1) is 15.6. The van der Waals surface area contributed by atoms with Crippen LogP contribution < -0.4 is 5.32 Å². The lowest BCUT2D eigenvalue weighted by Gasteiger charge is -2.29. The summed E-state index contributed by atoms with van der Waals surface area (Å²) >= 11 is 0. The number of carbonyl (C=O) groups is 1. The lowest BCUT2D eigenvalue weighted by atomic mass is 9.83. The molecule has 1 amide bonds. The fourth-order valence-corrected chi connectivity index (χ4v) is 3.16. The molecule has 3 nitrogen and oxygen atoms in total. The van der Waals surface area contributed by atoms with Crippen LogP contribution in [0.2, 0.25) is 0 Å². The van der Waals surface area contributed by atoms with Crippen LogP contribution in [0.3, 0.4) is 0 Å². The lowest BCUT2D eigenvalue weighted by Crippen LogP contribution is -2.38. The van der Waals surface area contributed by atoms with E-state index in [1.54, 1.807) is 12.1 Å². The van der Waals surface area contributed by atoms with Crippen molar-refractivity contribution in [1.82, 2.24) is 5.32 Å². The van der Waals surface area contributed by atoms with E-state index in [4.69, 9.17) is 5.26 Å². The zero-order valence-electron chi connectivity index (χ0n) is 12.8. The van der Waals surface area contributed by atoms with Crippen molar-refractivity contribution >= 4 is 5.91 Å². The van der Waals surface area contributed by atoms with Crippen LogP contribution in [0.4, 0.5) is 0 Å². The molecule has 1 saturated carbocycles. The summed E-state index contributed by atoms with van der Waals surface area (Å²) in [7, 11) is 0. The zero-order chi connectivity index (χ0) is 15.1. The monoisotopic (exact) mass is 284 g/mol. The van der Waals surface area contributed by atoms with Crippen LogP contribution >= 0.6 is 0 Å². The molecule has 0 unspecified atom stereocenters. The smallest absolute Gasteiger partial charge is 0.224 e. The molecule has 112 valence electrons. The van der Waals surface area contributed by atoms with Crippen molar-refractivity contribution in [3.05, 3.63) is 35.4 Å². The van der Waals surface area contributed by atoms with Gasteiger partial charge in [0.15, 0.2) is 0 Å². The van der Waals surface area contributed by atoms with Crippen molar-refractivity contribution in [3.8, 4) is 6.07 Å². The van der Waals surface area contributed by atoms with E-state index in [0.717, 1.165) is 24.3 Å². The molecule has 3 heteroatoms. The van der Waals surface area contributed by atoms with Gasteiger partial charge in [0.05, 0.1) is 18.1 Å². The Kier molecular flexibility index (Phi) is 5.80. The van der Waals surface area contributed by atoms with Gasteiger partial charge in [-0.25, -0.2) is 0 Å². The second kappa shape index (κ2) is 7.83. The van der Waals surface area contributed by atoms with Gasteiger partial charge in [-0.2, -0.15) is 5.26 Å². The minimum Gasteiger partial charge on any atom is -0.353 e. The molecule has 2 rings (SSSR count). The van der Waals surface area contributed by atoms with Crippen molar-refractivity contribution in [2.45, 2.75) is 57.9 Å². The van der Waals surface area contributed by atoms with Crippen LogP contribution in [0.1, 0.15) is 56.6 Å². The quantitative estimate of drug-likeness (QED) is 0.898. The summed E-state index contributed by atoms with van der Waals surface area (Å²) in [5.41, 5.74) is 1.60. The van der Waals surface area contributed by atoms with Gasteiger partial charge in [0.1, 0.15) is 0 Å². The molecule has 0 aromatic heterocycles. The number of nitrogens with zero attached hydrogens (tertiary/aromatic N) is 1. The molecule has 0 atom stereocenters. The zero-order valence-corrected chi connectivity index (χ0v) is 12.8. The molecule has 0 radical (unpaired) electrons. The molecule has 0 spiro atoms. The van der Waals surface area contributed by atoms with E-state index >= 15 is 0 Å². The fraction of sp³-hybridized carbons (Fsp3) is 0.556. The maximum absolute atomic E-state index is 12.1. The molecule has 1 fully saturated rings. The third-order valence-electron chi connectivity index (χ3n) is 4.36. The summed E-state index contributed by atoms with van der Waals surface area (Å²) in [6.07, 6.45) is 7.71. The lowest BCUT2D eigenvalue weighted by molar-refractivity contribution is -0.121. The molecule has 0 heterocycles. The van der Waals surface area contributed by atoms with Crippen molar-refractivity contribution in [2.24, 2.45) is 5.92 Å². The summed E-state index contributed by atoms with van der Waals surface area (Å²) in [5, 5.41) is 11.9. The number of hydrogen-bond acceptors (Lipinski definition) is 2. The standard InChI is InChI=1S/C18H24N2O/c1-2-3-14-8-10-17(11-9-14)20-18(21)12-15-4-6-16(13-19)7-5-15/h4-7,14,17H,2-3,8-12H2,1H3,(H,20,21). The fourth-order valence-electron chi connectivity index (χ4n) is 3.16. The number of rotatable bonds is 5. The molecule has 1 aliphatic carbocycles. The van der Waals surface area contributed by atoms with Gasteiger partial charge in [0.2, 0.25) is 5.91 Å². The molecular formula is C18H24N2O. The van der Waals surface area contributed by atoms with Crippen molar-refractivity contribution in [2.75, 3.05) is 0 Å². The minimum atomic E-state index is 0.0960. The average Bonchev–Trinajstić information content (AvgIpc) is 2.50. The summed E-state index contributed by atoms with van der Waals surface area (Å²) in [6, 6.07) is 9.68. The number of nitrogens with one attached hydrogen (secondary N) is 1. The molecule has 1 aliphatic rings. The van der Waals surface area contributed by atoms with Gasteiger partial charge in [-0.3, -0.25) is 4.79 Å². The van der Waals surface area contributed by atoms with Crippen LogP contribution in [0, 0.1) is 17.2 Å². The second-order valence-electron chi connectivity index (χ2n) is 6.06. The van der Waals surface area contributed by atoms with Crippen molar-refractivity contribution in [1.29, 1.82) is 5.26 Å². The molecular weight excluding hydrogens is 260 g/mol. The van der Waals surface area contributed by atoms with Gasteiger partial charge in [0, 0.05) is 6.04 Å². The maximum Gasteiger partial charge on any atom is 0.224 e. The first-order valence-electron chi connectivity index (χ1n) is 7.99. The number of amides is 1. The molecule has 1 N–H and O–H groups in total. The van der Waals surface area contributed by atoms with E-state index in [0.29, 0.717) is 18.0 Å². The third kappa shape index (κ3) is 4.90. The maximum atomic E-state index is 12.1. The Bertz CT molecular complexity index is 493. The van der Waals surface area contributed by atoms with Gasteiger partial charge in [0.25, 0.3) is 0 Å². The highest BCUT2D eigenvalue weighted by Crippen LogP contribution is 2.27. The SMILES string of the molecule is CCCC1CCC(NC(=O)Cc2ccc(C#N)cc2)CC1. The van der Waals surface area contributed by atoms with E-state index < -0.39 is 0 Å². The predicted octanol–water partition coefficient (Wildman–Crippen LogP) is 3.58. The minimum absolute atomic E-state index is 0.0960. The topological polar surface area (TPSA) is 52.9 Å². The molecule has 1 aromatic rings. The van der Waals surface area contributed by atoms with E-state index in [2.05, 4.69) is 18.3 Å². The summed E-state index contributed by atoms with van der Waals surface area (Å²) in [6.45, 7) is 2.24. The highest BCUT2D eigenvalue weighted by Gasteiger charge is 2.21. The number of benzene rings is 1. The van der Waals surface area contributed by atoms with Crippen LogP contribution in [0.15, 0.2) is 24.3 Å². The number of hydrogen-bond donors (Lipinski definition) is 1. The summed E-state index contributed by atoms with van der Waals surface area (Å²) in [5.74, 6) is 0.959. The van der Waals surface area contributed by atoms with Gasteiger partial charge >= 0.3 is 0 Å². The van der Waals surface area contributed by atoms with Crippen molar-refractivity contribution in [3.63, 3.8) is 0 Å². The Hall–Kier alpha value is -1.82. The van der Waals surface area contributed by atoms with Gasteiger partial charge < -0.3 is 5.32 Å². The van der Waals surface area contributed by atoms with Crippen LogP contribution in [0.25, 0.3) is 0 Å². The Labute approximate surface area is 127 Å². The highest BCUT2D eigenvalue weighted by molar-refractivity contribution is 5.78. The third-order valence-corrected chi connectivity index (χ3v) is 4.36.